The summed E-state index contributed by atoms with van der Waals surface area (Å²) >= 11 is 0. The van der Waals surface area contributed by atoms with Gasteiger partial charge >= 0.3 is 0 Å². The number of aromatic nitrogens is 1. The van der Waals surface area contributed by atoms with Gasteiger partial charge in [0.05, 0.1) is 12.5 Å². The molecule has 4 nitrogen and oxygen atoms in total. The van der Waals surface area contributed by atoms with Gasteiger partial charge in [0, 0.05) is 25.5 Å². The lowest BCUT2D eigenvalue weighted by atomic mass is 9.96. The lowest BCUT2D eigenvalue weighted by Gasteiger charge is -2.34. The predicted octanol–water partition coefficient (Wildman–Crippen LogP) is 0.853. The number of pyridine rings is 1. The largest absolute Gasteiger partial charge is 0.393 e. The first-order chi connectivity index (χ1) is 8.16. The van der Waals surface area contributed by atoms with E-state index in [1.165, 1.54) is 0 Å². The Morgan fingerprint density at radius 2 is 2.24 bits per heavy atom. The molecule has 1 aromatic heterocycles. The summed E-state index contributed by atoms with van der Waals surface area (Å²) in [6.07, 6.45) is 4.24. The molecule has 2 heterocycles. The molecule has 1 amide bonds. The molecule has 17 heavy (non-hydrogen) atoms. The van der Waals surface area contributed by atoms with Crippen LogP contribution < -0.4 is 0 Å². The molecule has 2 rings (SSSR count). The zero-order valence-corrected chi connectivity index (χ0v) is 10.0. The molecule has 0 spiro atoms. The number of nitrogens with zero attached hydrogens (tertiary/aromatic N) is 2. The Hall–Kier alpha value is -1.42. The molecule has 0 bridgehead atoms. The van der Waals surface area contributed by atoms with E-state index >= 15 is 0 Å². The maximum Gasteiger partial charge on any atom is 0.227 e. The highest BCUT2D eigenvalue weighted by Gasteiger charge is 2.26. The first-order valence-corrected chi connectivity index (χ1v) is 6.01. The maximum absolute atomic E-state index is 12.0. The average Bonchev–Trinajstić information content (AvgIpc) is 2.34. The van der Waals surface area contributed by atoms with E-state index in [1.807, 2.05) is 24.0 Å². The minimum atomic E-state index is -0.264. The van der Waals surface area contributed by atoms with Gasteiger partial charge in [-0.3, -0.25) is 9.78 Å². The molecular weight excluding hydrogens is 216 g/mol. The van der Waals surface area contributed by atoms with Gasteiger partial charge in [0.2, 0.25) is 5.91 Å². The van der Waals surface area contributed by atoms with Gasteiger partial charge in [0.1, 0.15) is 0 Å². The van der Waals surface area contributed by atoms with Crippen molar-refractivity contribution in [2.24, 2.45) is 5.92 Å². The van der Waals surface area contributed by atoms with Crippen LogP contribution in [0.4, 0.5) is 0 Å². The van der Waals surface area contributed by atoms with Gasteiger partial charge < -0.3 is 10.0 Å². The number of hydrogen-bond donors (Lipinski definition) is 1. The fourth-order valence-corrected chi connectivity index (χ4v) is 2.15. The third-order valence-electron chi connectivity index (χ3n) is 3.32. The normalized spacial score (nSPS) is 24.7. The number of aliphatic hydroxyl groups is 1. The molecule has 92 valence electrons. The molecule has 1 saturated heterocycles. The van der Waals surface area contributed by atoms with E-state index in [2.05, 4.69) is 4.98 Å². The Morgan fingerprint density at radius 3 is 2.88 bits per heavy atom. The molecule has 0 radical (unpaired) electrons. The molecule has 1 aliphatic heterocycles. The predicted molar refractivity (Wildman–Crippen MR) is 64.3 cm³/mol. The van der Waals surface area contributed by atoms with Crippen molar-refractivity contribution in [1.29, 1.82) is 0 Å². The second-order valence-electron chi connectivity index (χ2n) is 4.71. The molecule has 2 atom stereocenters. The summed E-state index contributed by atoms with van der Waals surface area (Å²) in [7, 11) is 0. The first kappa shape index (κ1) is 12.0. The van der Waals surface area contributed by atoms with Crippen LogP contribution in [-0.2, 0) is 11.2 Å². The van der Waals surface area contributed by atoms with Crippen molar-refractivity contribution in [2.45, 2.75) is 25.9 Å². The van der Waals surface area contributed by atoms with Gasteiger partial charge in [0.25, 0.3) is 0 Å². The average molecular weight is 234 g/mol. The van der Waals surface area contributed by atoms with Crippen LogP contribution in [-0.4, -0.2) is 40.1 Å². The van der Waals surface area contributed by atoms with E-state index in [-0.39, 0.29) is 17.9 Å². The smallest absolute Gasteiger partial charge is 0.227 e. The van der Waals surface area contributed by atoms with Crippen molar-refractivity contribution in [3.63, 3.8) is 0 Å². The SMILES string of the molecule is CC1CN(C(=O)Cc2ccncc2)CCC1O. The van der Waals surface area contributed by atoms with Crippen LogP contribution in [0, 0.1) is 5.92 Å². The highest BCUT2D eigenvalue weighted by Crippen LogP contribution is 2.17. The molecule has 0 saturated carbocycles. The van der Waals surface area contributed by atoms with Crippen LogP contribution in [0.2, 0.25) is 0 Å². The number of aliphatic hydroxyl groups excluding tert-OH is 1. The monoisotopic (exact) mass is 234 g/mol. The van der Waals surface area contributed by atoms with Gasteiger partial charge in [-0.25, -0.2) is 0 Å². The van der Waals surface area contributed by atoms with Crippen molar-refractivity contribution in [2.75, 3.05) is 13.1 Å². The van der Waals surface area contributed by atoms with E-state index in [0.29, 0.717) is 25.9 Å². The molecule has 0 aromatic carbocycles. The number of amides is 1. The highest BCUT2D eigenvalue weighted by atomic mass is 16.3. The lowest BCUT2D eigenvalue weighted by molar-refractivity contribution is -0.133. The summed E-state index contributed by atoms with van der Waals surface area (Å²) in [5.41, 5.74) is 0.990. The molecule has 1 aliphatic rings. The number of carbonyl (C=O) groups is 1. The number of rotatable bonds is 2. The summed E-state index contributed by atoms with van der Waals surface area (Å²) < 4.78 is 0. The first-order valence-electron chi connectivity index (χ1n) is 6.01. The zero-order chi connectivity index (χ0) is 12.3. The summed E-state index contributed by atoms with van der Waals surface area (Å²) in [4.78, 5) is 17.8. The molecule has 4 heteroatoms. The fourth-order valence-electron chi connectivity index (χ4n) is 2.15. The van der Waals surface area contributed by atoms with Crippen molar-refractivity contribution < 1.29 is 9.90 Å². The molecule has 1 aromatic rings. The van der Waals surface area contributed by atoms with E-state index in [0.717, 1.165) is 5.56 Å². The van der Waals surface area contributed by atoms with Gasteiger partial charge in [-0.2, -0.15) is 0 Å². The van der Waals surface area contributed by atoms with Crippen LogP contribution in [0.5, 0.6) is 0 Å². The van der Waals surface area contributed by atoms with E-state index < -0.39 is 0 Å². The van der Waals surface area contributed by atoms with Crippen LogP contribution >= 0.6 is 0 Å². The van der Waals surface area contributed by atoms with Crippen molar-refractivity contribution in [3.05, 3.63) is 30.1 Å². The summed E-state index contributed by atoms with van der Waals surface area (Å²) in [6.45, 7) is 3.30. The second-order valence-corrected chi connectivity index (χ2v) is 4.71. The Bertz CT molecular complexity index is 380. The number of carbonyl (C=O) groups excluding carboxylic acids is 1. The molecular formula is C13H18N2O2. The number of piperidine rings is 1. The van der Waals surface area contributed by atoms with E-state index in [9.17, 15) is 9.90 Å². The van der Waals surface area contributed by atoms with Crippen LogP contribution in [0.25, 0.3) is 0 Å². The second kappa shape index (κ2) is 5.27. The Morgan fingerprint density at radius 1 is 1.53 bits per heavy atom. The summed E-state index contributed by atoms with van der Waals surface area (Å²) in [6, 6.07) is 3.72. The zero-order valence-electron chi connectivity index (χ0n) is 10.0. The standard InChI is InChI=1S/C13H18N2O2/c1-10-9-15(7-4-12(10)16)13(17)8-11-2-5-14-6-3-11/h2-3,5-6,10,12,16H,4,7-9H2,1H3. The molecule has 2 unspecified atom stereocenters. The van der Waals surface area contributed by atoms with E-state index in [4.69, 9.17) is 0 Å². The fraction of sp³-hybridized carbons (Fsp3) is 0.538. The highest BCUT2D eigenvalue weighted by molar-refractivity contribution is 5.78. The van der Waals surface area contributed by atoms with Crippen LogP contribution in [0.3, 0.4) is 0 Å². The van der Waals surface area contributed by atoms with Gasteiger partial charge in [-0.1, -0.05) is 6.92 Å². The minimum Gasteiger partial charge on any atom is -0.393 e. The summed E-state index contributed by atoms with van der Waals surface area (Å²) in [5.74, 6) is 0.306. The molecule has 0 aliphatic carbocycles. The van der Waals surface area contributed by atoms with Crippen molar-refractivity contribution in [1.82, 2.24) is 9.88 Å². The topological polar surface area (TPSA) is 53.4 Å². The van der Waals surface area contributed by atoms with Crippen LogP contribution in [0.15, 0.2) is 24.5 Å². The van der Waals surface area contributed by atoms with Gasteiger partial charge in [-0.15, -0.1) is 0 Å². The van der Waals surface area contributed by atoms with Crippen LogP contribution in [0.1, 0.15) is 18.9 Å². The Balaban J connectivity index is 1.93. The quantitative estimate of drug-likeness (QED) is 0.825. The van der Waals surface area contributed by atoms with E-state index in [1.54, 1.807) is 12.4 Å². The lowest BCUT2D eigenvalue weighted by Crippen LogP contribution is -2.45. The molecule has 1 fully saturated rings. The number of hydrogen-bond acceptors (Lipinski definition) is 3. The third-order valence-corrected chi connectivity index (χ3v) is 3.32. The van der Waals surface area contributed by atoms with Gasteiger partial charge in [-0.05, 0) is 30.0 Å². The Labute approximate surface area is 101 Å². The summed E-state index contributed by atoms with van der Waals surface area (Å²) in [5, 5.41) is 9.62. The number of likely N-dealkylation sites (tertiary alicyclic amines) is 1. The van der Waals surface area contributed by atoms with Gasteiger partial charge in [0.15, 0.2) is 0 Å². The third kappa shape index (κ3) is 3.03. The molecule has 1 N–H and O–H groups in total. The van der Waals surface area contributed by atoms with Crippen molar-refractivity contribution in [3.8, 4) is 0 Å². The maximum atomic E-state index is 12.0. The van der Waals surface area contributed by atoms with Crippen molar-refractivity contribution >= 4 is 5.91 Å². The Kier molecular flexibility index (Phi) is 3.74. The minimum absolute atomic E-state index is 0.134.